The van der Waals surface area contributed by atoms with Gasteiger partial charge in [-0.05, 0) is 110 Å². The van der Waals surface area contributed by atoms with Crippen molar-refractivity contribution in [2.75, 3.05) is 25.0 Å². The fraction of sp³-hybridized carbons (Fsp3) is 0.537. The number of nitrogens with zero attached hydrogens (tertiary/aromatic N) is 1. The summed E-state index contributed by atoms with van der Waals surface area (Å²) in [5.74, 6) is 2.36. The van der Waals surface area contributed by atoms with Crippen molar-refractivity contribution in [1.29, 1.82) is 0 Å². The number of halogens is 1. The van der Waals surface area contributed by atoms with Gasteiger partial charge in [-0.25, -0.2) is 4.79 Å². The predicted molar refractivity (Wildman–Crippen MR) is 193 cm³/mol. The number of carbonyl (C=O) groups is 1. The van der Waals surface area contributed by atoms with Crippen LogP contribution in [0.25, 0.3) is 0 Å². The number of hydrogen-bond acceptors (Lipinski definition) is 6. The maximum Gasteiger partial charge on any atom is 0.319 e. The Hall–Kier alpha value is -2.98. The molecule has 2 heterocycles. The van der Waals surface area contributed by atoms with Gasteiger partial charge in [-0.3, -0.25) is 0 Å². The van der Waals surface area contributed by atoms with Gasteiger partial charge in [0.2, 0.25) is 0 Å². The highest BCUT2D eigenvalue weighted by Gasteiger charge is 2.51. The van der Waals surface area contributed by atoms with Crippen LogP contribution in [0, 0.1) is 23.7 Å². The number of carbonyl (C=O) groups excluding carboxylic acids is 1. The zero-order valence-corrected chi connectivity index (χ0v) is 29.7. The van der Waals surface area contributed by atoms with E-state index in [4.69, 9.17) is 21.1 Å². The van der Waals surface area contributed by atoms with E-state index in [0.29, 0.717) is 24.4 Å². The second kappa shape index (κ2) is 13.9. The third kappa shape index (κ3) is 7.08. The molecule has 4 bridgehead atoms. The van der Waals surface area contributed by atoms with E-state index in [0.717, 1.165) is 78.0 Å². The molecule has 9 rings (SSSR count). The number of aliphatic hydroxyl groups excluding tert-OH is 1. The summed E-state index contributed by atoms with van der Waals surface area (Å²) in [6.45, 7) is 4.38. The third-order valence-corrected chi connectivity index (χ3v) is 12.7. The average Bonchev–Trinajstić information content (AvgIpc) is 3.10. The van der Waals surface area contributed by atoms with Crippen molar-refractivity contribution < 1.29 is 24.5 Å². The second-order valence-corrected chi connectivity index (χ2v) is 16.5. The molecule has 2 aliphatic heterocycles. The van der Waals surface area contributed by atoms with Gasteiger partial charge in [0.25, 0.3) is 0 Å². The van der Waals surface area contributed by atoms with Crippen LogP contribution in [0.1, 0.15) is 92.9 Å². The van der Waals surface area contributed by atoms with Crippen molar-refractivity contribution in [2.45, 2.75) is 94.5 Å². The van der Waals surface area contributed by atoms with Crippen LogP contribution in [0.3, 0.4) is 0 Å². The van der Waals surface area contributed by atoms with Gasteiger partial charge >= 0.3 is 6.03 Å². The van der Waals surface area contributed by atoms with Crippen LogP contribution in [0.15, 0.2) is 72.8 Å². The first kappa shape index (κ1) is 34.1. The van der Waals surface area contributed by atoms with Gasteiger partial charge in [0.05, 0.1) is 24.4 Å². The molecular weight excluding hydrogens is 650 g/mol. The molecule has 4 aliphatic carbocycles. The van der Waals surface area contributed by atoms with Crippen LogP contribution >= 0.6 is 11.6 Å². The number of hydrogen-bond donors (Lipinski definition) is 4. The summed E-state index contributed by atoms with van der Waals surface area (Å²) < 4.78 is 13.4. The van der Waals surface area contributed by atoms with Crippen molar-refractivity contribution in [3.63, 3.8) is 0 Å². The van der Waals surface area contributed by atoms with E-state index in [1.807, 2.05) is 72.8 Å². The van der Waals surface area contributed by atoms with Crippen LogP contribution in [0.2, 0.25) is 5.02 Å². The van der Waals surface area contributed by atoms with Crippen LogP contribution < -0.4 is 10.6 Å². The van der Waals surface area contributed by atoms with E-state index in [1.165, 1.54) is 19.3 Å². The van der Waals surface area contributed by atoms with Crippen LogP contribution in [-0.4, -0.2) is 52.4 Å². The summed E-state index contributed by atoms with van der Waals surface area (Å²) in [6, 6.07) is 23.2. The first-order valence-electron chi connectivity index (χ1n) is 18.6. The quantitative estimate of drug-likeness (QED) is 0.192. The Labute approximate surface area is 300 Å². The van der Waals surface area contributed by atoms with E-state index in [1.54, 1.807) is 0 Å². The molecule has 2 saturated heterocycles. The summed E-state index contributed by atoms with van der Waals surface area (Å²) in [4.78, 5) is 15.6. The van der Waals surface area contributed by atoms with E-state index >= 15 is 0 Å². The Bertz CT molecular complexity index is 1600. The molecule has 2 amide bonds. The lowest BCUT2D eigenvalue weighted by atomic mass is 9.53. The second-order valence-electron chi connectivity index (χ2n) is 16.1. The largest absolute Gasteiger partial charge is 0.392 e. The fourth-order valence-electron chi connectivity index (χ4n) is 10.1. The summed E-state index contributed by atoms with van der Waals surface area (Å²) >= 11 is 6.11. The van der Waals surface area contributed by atoms with Crippen LogP contribution in [0.5, 0.6) is 0 Å². The molecule has 50 heavy (non-hydrogen) atoms. The zero-order valence-electron chi connectivity index (χ0n) is 28.9. The molecule has 4 atom stereocenters. The highest BCUT2D eigenvalue weighted by Crippen LogP contribution is 2.55. The first-order valence-corrected chi connectivity index (χ1v) is 18.9. The lowest BCUT2D eigenvalue weighted by molar-refractivity contribution is -0.277. The number of urea groups is 1. The number of anilines is 1. The van der Waals surface area contributed by atoms with Crippen LogP contribution in [0.4, 0.5) is 10.5 Å². The SMILES string of the molecule is CC1C(CN2CCC(O)(c3ccc(Cl)cc3)CC2)OC(c2ccc(NC(=O)NC34CC5CC(CC(C5)C3)C4)cc2)OC1c1ccc(CO)cc1. The van der Waals surface area contributed by atoms with Crippen molar-refractivity contribution >= 4 is 23.3 Å². The molecule has 0 spiro atoms. The smallest absolute Gasteiger partial charge is 0.319 e. The minimum Gasteiger partial charge on any atom is -0.392 e. The summed E-state index contributed by atoms with van der Waals surface area (Å²) in [7, 11) is 0. The molecule has 6 fully saturated rings. The molecule has 6 aliphatic rings. The number of piperidine rings is 1. The molecule has 4 N–H and O–H groups in total. The lowest BCUT2D eigenvalue weighted by Crippen LogP contribution is -2.60. The molecule has 4 saturated carbocycles. The molecule has 0 aromatic heterocycles. The minimum absolute atomic E-state index is 0.00596. The van der Waals surface area contributed by atoms with Gasteiger partial charge in [-0.1, -0.05) is 67.1 Å². The molecule has 3 aromatic carbocycles. The standard InChI is InChI=1S/C41H50ClN3O5/c1-26-36(24-45-16-14-41(48,15-17-45)33-8-10-34(42)11-9-33)49-38(50-37(26)31-4-2-27(25-46)3-5-31)32-6-12-35(13-7-32)43-39(47)44-40-21-28-18-29(22-40)20-30(19-28)23-40/h2-13,26,28-30,36-38,46,48H,14-25H2,1H3,(H2,43,44,47). The van der Waals surface area contributed by atoms with E-state index in [9.17, 15) is 15.0 Å². The van der Waals surface area contributed by atoms with E-state index < -0.39 is 11.9 Å². The normalized spacial score (nSPS) is 33.2. The van der Waals surface area contributed by atoms with E-state index in [2.05, 4.69) is 22.5 Å². The molecular formula is C41H50ClN3O5. The molecule has 8 nitrogen and oxygen atoms in total. The first-order chi connectivity index (χ1) is 24.2. The van der Waals surface area contributed by atoms with Crippen molar-refractivity contribution in [3.05, 3.63) is 100 Å². The van der Waals surface area contributed by atoms with Gasteiger partial charge in [0.1, 0.15) is 0 Å². The fourth-order valence-corrected chi connectivity index (χ4v) is 10.3. The molecule has 9 heteroatoms. The summed E-state index contributed by atoms with van der Waals surface area (Å²) in [5, 5.41) is 28.3. The summed E-state index contributed by atoms with van der Waals surface area (Å²) in [5.41, 5.74) is 3.54. The maximum absolute atomic E-state index is 13.2. The number of rotatable bonds is 8. The minimum atomic E-state index is -0.870. The molecule has 4 unspecified atom stereocenters. The Morgan fingerprint density at radius 3 is 2.06 bits per heavy atom. The highest BCUT2D eigenvalue weighted by molar-refractivity contribution is 6.30. The number of ether oxygens (including phenoxy) is 2. The monoisotopic (exact) mass is 699 g/mol. The van der Waals surface area contributed by atoms with Gasteiger partial charge in [0.15, 0.2) is 6.29 Å². The molecule has 3 aromatic rings. The van der Waals surface area contributed by atoms with E-state index in [-0.39, 0.29) is 36.3 Å². The van der Waals surface area contributed by atoms with Crippen molar-refractivity contribution in [2.24, 2.45) is 23.7 Å². The number of aliphatic hydroxyl groups is 2. The van der Waals surface area contributed by atoms with Gasteiger partial charge in [-0.15, -0.1) is 0 Å². The van der Waals surface area contributed by atoms with Crippen molar-refractivity contribution in [1.82, 2.24) is 10.2 Å². The third-order valence-electron chi connectivity index (χ3n) is 12.5. The van der Waals surface area contributed by atoms with Gasteiger partial charge in [-0.2, -0.15) is 0 Å². The Kier molecular flexibility index (Phi) is 9.46. The number of benzene rings is 3. The lowest BCUT2D eigenvalue weighted by Gasteiger charge is -2.56. The Morgan fingerprint density at radius 1 is 0.860 bits per heavy atom. The summed E-state index contributed by atoms with van der Waals surface area (Å²) in [6.07, 6.45) is 7.71. The van der Waals surface area contributed by atoms with Crippen molar-refractivity contribution in [3.8, 4) is 0 Å². The van der Waals surface area contributed by atoms with Gasteiger partial charge in [0, 0.05) is 47.4 Å². The average molecular weight is 700 g/mol. The highest BCUT2D eigenvalue weighted by atomic mass is 35.5. The van der Waals surface area contributed by atoms with Crippen LogP contribution in [-0.2, 0) is 21.7 Å². The Balaban J connectivity index is 0.945. The number of nitrogens with one attached hydrogen (secondary N) is 2. The maximum atomic E-state index is 13.2. The molecule has 0 radical (unpaired) electrons. The topological polar surface area (TPSA) is 103 Å². The number of amides is 2. The number of likely N-dealkylation sites (tertiary alicyclic amines) is 1. The Morgan fingerprint density at radius 2 is 1.46 bits per heavy atom. The zero-order chi connectivity index (χ0) is 34.5. The predicted octanol–water partition coefficient (Wildman–Crippen LogP) is 7.70. The molecule has 266 valence electrons. The van der Waals surface area contributed by atoms with Gasteiger partial charge < -0.3 is 35.2 Å².